The lowest BCUT2D eigenvalue weighted by Gasteiger charge is -2.17. The minimum atomic E-state index is -1.16. The lowest BCUT2D eigenvalue weighted by atomic mass is 10.0. The highest BCUT2D eigenvalue weighted by molar-refractivity contribution is 6.11. The highest BCUT2D eigenvalue weighted by atomic mass is 19.1. The van der Waals surface area contributed by atoms with Crippen molar-refractivity contribution in [1.29, 1.82) is 0 Å². The van der Waals surface area contributed by atoms with Crippen molar-refractivity contribution in [3.8, 4) is 5.69 Å². The van der Waals surface area contributed by atoms with Crippen molar-refractivity contribution in [2.75, 3.05) is 12.3 Å². The standard InChI is InChI=1S/C24H23F2N3O5/c1-13(30)21(24(33)34)28-11-10-14-2-5-16(6-3-14)29-20(31)9-8-18(23(29)27)22(32)17-7-4-15(25)12-19(17)26/h2-9,12-13,21,28,30H,10-11,27H2,1H3,(H,33,34)/t13-,21+/m1/s1. The van der Waals surface area contributed by atoms with E-state index in [1.54, 1.807) is 24.3 Å². The van der Waals surface area contributed by atoms with Gasteiger partial charge in [-0.15, -0.1) is 0 Å². The molecule has 0 saturated heterocycles. The molecule has 0 unspecified atom stereocenters. The van der Waals surface area contributed by atoms with Gasteiger partial charge in [-0.05, 0) is 49.2 Å². The first-order valence-corrected chi connectivity index (χ1v) is 10.3. The van der Waals surface area contributed by atoms with E-state index in [0.717, 1.165) is 28.3 Å². The second kappa shape index (κ2) is 10.4. The van der Waals surface area contributed by atoms with E-state index in [4.69, 9.17) is 10.8 Å². The van der Waals surface area contributed by atoms with Crippen LogP contribution in [0.4, 0.5) is 14.6 Å². The van der Waals surface area contributed by atoms with E-state index in [1.807, 2.05) is 0 Å². The van der Waals surface area contributed by atoms with Crippen LogP contribution < -0.4 is 16.6 Å². The maximum absolute atomic E-state index is 14.1. The Morgan fingerprint density at radius 1 is 1.06 bits per heavy atom. The molecule has 0 aliphatic heterocycles. The zero-order valence-electron chi connectivity index (χ0n) is 18.2. The summed E-state index contributed by atoms with van der Waals surface area (Å²) < 4.78 is 28.4. The summed E-state index contributed by atoms with van der Waals surface area (Å²) >= 11 is 0. The molecule has 8 nitrogen and oxygen atoms in total. The van der Waals surface area contributed by atoms with Crippen molar-refractivity contribution < 1.29 is 28.6 Å². The van der Waals surface area contributed by atoms with Gasteiger partial charge in [0.1, 0.15) is 23.5 Å². The van der Waals surface area contributed by atoms with Gasteiger partial charge < -0.3 is 21.3 Å². The summed E-state index contributed by atoms with van der Waals surface area (Å²) in [5.74, 6) is -4.02. The zero-order valence-corrected chi connectivity index (χ0v) is 18.2. The Bertz CT molecular complexity index is 1270. The van der Waals surface area contributed by atoms with Gasteiger partial charge in [0.25, 0.3) is 5.56 Å². The Morgan fingerprint density at radius 3 is 2.29 bits per heavy atom. The summed E-state index contributed by atoms with van der Waals surface area (Å²) in [6.45, 7) is 1.67. The number of nitrogens with zero attached hydrogens (tertiary/aromatic N) is 1. The number of carbonyl (C=O) groups excluding carboxylic acids is 1. The number of halogens is 2. The number of carboxylic acids is 1. The lowest BCUT2D eigenvalue weighted by molar-refractivity contribution is -0.142. The molecule has 0 saturated carbocycles. The van der Waals surface area contributed by atoms with Gasteiger partial charge in [-0.1, -0.05) is 12.1 Å². The number of aliphatic hydroxyl groups is 1. The molecule has 3 rings (SSSR count). The quantitative estimate of drug-likeness (QED) is 0.350. The molecule has 34 heavy (non-hydrogen) atoms. The molecule has 1 aromatic heterocycles. The number of aliphatic hydroxyl groups excluding tert-OH is 1. The molecule has 10 heteroatoms. The molecule has 0 fully saturated rings. The van der Waals surface area contributed by atoms with Crippen LogP contribution in [0.25, 0.3) is 5.69 Å². The first kappa shape index (κ1) is 24.7. The number of anilines is 1. The number of aliphatic carboxylic acids is 1. The van der Waals surface area contributed by atoms with Gasteiger partial charge in [0, 0.05) is 18.7 Å². The van der Waals surface area contributed by atoms with Crippen LogP contribution in [0.2, 0.25) is 0 Å². The molecule has 1 heterocycles. The van der Waals surface area contributed by atoms with Crippen LogP contribution >= 0.6 is 0 Å². The maximum atomic E-state index is 14.1. The molecule has 0 radical (unpaired) electrons. The number of carbonyl (C=O) groups is 2. The third-order valence-electron chi connectivity index (χ3n) is 5.27. The van der Waals surface area contributed by atoms with Crippen LogP contribution in [0.5, 0.6) is 0 Å². The van der Waals surface area contributed by atoms with Crippen molar-refractivity contribution in [3.63, 3.8) is 0 Å². The molecule has 178 valence electrons. The van der Waals surface area contributed by atoms with Crippen molar-refractivity contribution in [3.05, 3.63) is 93.3 Å². The molecule has 0 amide bonds. The van der Waals surface area contributed by atoms with Crippen LogP contribution in [0, 0.1) is 11.6 Å². The fourth-order valence-corrected chi connectivity index (χ4v) is 3.48. The van der Waals surface area contributed by atoms with Crippen LogP contribution in [0.15, 0.2) is 59.4 Å². The van der Waals surface area contributed by atoms with E-state index in [2.05, 4.69) is 5.32 Å². The van der Waals surface area contributed by atoms with Gasteiger partial charge in [-0.2, -0.15) is 0 Å². The van der Waals surface area contributed by atoms with Crippen molar-refractivity contribution in [2.24, 2.45) is 0 Å². The van der Waals surface area contributed by atoms with Crippen molar-refractivity contribution >= 4 is 17.6 Å². The first-order chi connectivity index (χ1) is 16.1. The van der Waals surface area contributed by atoms with E-state index in [-0.39, 0.29) is 23.5 Å². The van der Waals surface area contributed by atoms with Crippen LogP contribution in [0.1, 0.15) is 28.4 Å². The molecule has 0 bridgehead atoms. The van der Waals surface area contributed by atoms with Crippen LogP contribution in [0.3, 0.4) is 0 Å². The maximum Gasteiger partial charge on any atom is 0.323 e. The molecule has 2 aromatic carbocycles. The minimum Gasteiger partial charge on any atom is -0.480 e. The van der Waals surface area contributed by atoms with Gasteiger partial charge in [-0.25, -0.2) is 8.78 Å². The van der Waals surface area contributed by atoms with Gasteiger partial charge >= 0.3 is 5.97 Å². The number of nitrogens with two attached hydrogens (primary N) is 1. The van der Waals surface area contributed by atoms with Crippen LogP contribution in [-0.4, -0.2) is 45.2 Å². The van der Waals surface area contributed by atoms with Gasteiger partial charge in [0.15, 0.2) is 5.78 Å². The first-order valence-electron chi connectivity index (χ1n) is 10.3. The summed E-state index contributed by atoms with van der Waals surface area (Å²) in [7, 11) is 0. The van der Waals surface area contributed by atoms with Gasteiger partial charge in [0.2, 0.25) is 0 Å². The van der Waals surface area contributed by atoms with E-state index in [0.29, 0.717) is 18.2 Å². The molecule has 3 aromatic rings. The van der Waals surface area contributed by atoms with Crippen molar-refractivity contribution in [2.45, 2.75) is 25.5 Å². The van der Waals surface area contributed by atoms with Crippen LogP contribution in [-0.2, 0) is 11.2 Å². The predicted octanol–water partition coefficient (Wildman–Crippen LogP) is 1.89. The zero-order chi connectivity index (χ0) is 25.0. The second-order valence-electron chi connectivity index (χ2n) is 7.69. The normalized spacial score (nSPS) is 12.8. The summed E-state index contributed by atoms with van der Waals surface area (Å²) in [6.07, 6.45) is -0.614. The third-order valence-corrected chi connectivity index (χ3v) is 5.27. The SMILES string of the molecule is C[C@@H](O)[C@H](NCCc1ccc(-n2c(N)c(C(=O)c3ccc(F)cc3F)ccc2=O)cc1)C(=O)O. The van der Waals surface area contributed by atoms with Gasteiger partial charge in [0.05, 0.1) is 22.9 Å². The number of pyridine rings is 1. The summed E-state index contributed by atoms with van der Waals surface area (Å²) in [4.78, 5) is 36.4. The lowest BCUT2D eigenvalue weighted by Crippen LogP contribution is -2.45. The second-order valence-corrected chi connectivity index (χ2v) is 7.69. The Kier molecular flexibility index (Phi) is 7.54. The smallest absolute Gasteiger partial charge is 0.323 e. The summed E-state index contributed by atoms with van der Waals surface area (Å²) in [5, 5.41) is 21.4. The monoisotopic (exact) mass is 471 g/mol. The fraction of sp³-hybridized carbons (Fsp3) is 0.208. The average Bonchev–Trinajstić information content (AvgIpc) is 2.77. The molecule has 0 aliphatic rings. The molecular weight excluding hydrogens is 448 g/mol. The molecule has 5 N–H and O–H groups in total. The topological polar surface area (TPSA) is 135 Å². The Balaban J connectivity index is 1.83. The molecule has 0 spiro atoms. The third kappa shape index (κ3) is 5.36. The van der Waals surface area contributed by atoms with Crippen molar-refractivity contribution in [1.82, 2.24) is 9.88 Å². The Labute approximate surface area is 193 Å². The minimum absolute atomic E-state index is 0.115. The number of carboxylic acid groups (broad SMARTS) is 1. The summed E-state index contributed by atoms with van der Waals surface area (Å²) in [6, 6.07) is 10.4. The van der Waals surface area contributed by atoms with Gasteiger partial charge in [-0.3, -0.25) is 19.0 Å². The molecule has 2 atom stereocenters. The fourth-order valence-electron chi connectivity index (χ4n) is 3.48. The number of hydrogen-bond donors (Lipinski definition) is 4. The molecule has 0 aliphatic carbocycles. The van der Waals surface area contributed by atoms with E-state index in [1.165, 1.54) is 13.0 Å². The summed E-state index contributed by atoms with van der Waals surface area (Å²) in [5.41, 5.74) is 6.28. The van der Waals surface area contributed by atoms with E-state index >= 15 is 0 Å². The average molecular weight is 471 g/mol. The largest absolute Gasteiger partial charge is 0.480 e. The Morgan fingerprint density at radius 2 is 1.71 bits per heavy atom. The number of rotatable bonds is 9. The number of ketones is 1. The number of nitrogen functional groups attached to an aromatic ring is 1. The number of benzene rings is 2. The molecular formula is C24H23F2N3O5. The van der Waals surface area contributed by atoms with E-state index < -0.39 is 41.1 Å². The predicted molar refractivity (Wildman–Crippen MR) is 121 cm³/mol. The Hall–Kier alpha value is -3.89. The highest BCUT2D eigenvalue weighted by Gasteiger charge is 2.22. The highest BCUT2D eigenvalue weighted by Crippen LogP contribution is 2.21. The number of aromatic nitrogens is 1. The number of nitrogens with one attached hydrogen (secondary N) is 1. The van der Waals surface area contributed by atoms with E-state index in [9.17, 15) is 28.3 Å². The number of hydrogen-bond acceptors (Lipinski definition) is 6.